The third kappa shape index (κ3) is 5.84. The fourth-order valence-electron chi connectivity index (χ4n) is 5.54. The van der Waals surface area contributed by atoms with Crippen LogP contribution in [0.4, 0.5) is 0 Å². The van der Waals surface area contributed by atoms with E-state index in [4.69, 9.17) is 29.2 Å². The average Bonchev–Trinajstić information content (AvgIpc) is 3.18. The van der Waals surface area contributed by atoms with Gasteiger partial charge in [-0.3, -0.25) is 14.2 Å². The molecule has 4 unspecified atom stereocenters. The van der Waals surface area contributed by atoms with Gasteiger partial charge in [-0.1, -0.05) is 6.92 Å². The Morgan fingerprint density at radius 2 is 1.86 bits per heavy atom. The van der Waals surface area contributed by atoms with Gasteiger partial charge in [0.05, 0.1) is 39.0 Å². The Hall–Kier alpha value is -2.85. The molecule has 0 radical (unpaired) electrons. The highest BCUT2D eigenvalue weighted by atomic mass is 31.2. The Morgan fingerprint density at radius 1 is 1.24 bits per heavy atom. The molecule has 3 aliphatic rings. The van der Waals surface area contributed by atoms with Crippen molar-refractivity contribution < 1.29 is 47.8 Å². The van der Waals surface area contributed by atoms with Gasteiger partial charge in [-0.2, -0.15) is 4.99 Å². The number of hydrogen-bond acceptors (Lipinski definition) is 13. The van der Waals surface area contributed by atoms with E-state index in [0.29, 0.717) is 17.9 Å². The van der Waals surface area contributed by atoms with E-state index in [-0.39, 0.29) is 25.0 Å². The van der Waals surface area contributed by atoms with E-state index in [1.54, 1.807) is 31.4 Å². The maximum Gasteiger partial charge on any atom is 0.341 e. The van der Waals surface area contributed by atoms with Crippen LogP contribution in [0.5, 0.6) is 0 Å². The summed E-state index contributed by atoms with van der Waals surface area (Å²) in [7, 11) is -2.59. The number of allylic oxidation sites excluding steroid dienone is 1. The van der Waals surface area contributed by atoms with Gasteiger partial charge in [0.15, 0.2) is 0 Å². The molecule has 0 aromatic carbocycles. The number of aliphatic hydroxyl groups excluding tert-OH is 1. The Morgan fingerprint density at radius 3 is 2.38 bits per heavy atom. The summed E-state index contributed by atoms with van der Waals surface area (Å²) in [6, 6.07) is -0.718. The summed E-state index contributed by atoms with van der Waals surface area (Å²) in [6.45, 7) is 5.71. The molecule has 2 aliphatic heterocycles. The zero-order chi connectivity index (χ0) is 30.9. The van der Waals surface area contributed by atoms with Crippen LogP contribution in [-0.4, -0.2) is 101 Å². The summed E-state index contributed by atoms with van der Waals surface area (Å²) in [4.78, 5) is 32.4. The second-order valence-electron chi connectivity index (χ2n) is 10.3. The van der Waals surface area contributed by atoms with Crippen LogP contribution in [-0.2, 0) is 37.6 Å². The molecule has 1 saturated carbocycles. The molecule has 17 heteroatoms. The number of aromatic nitrogens is 2. The highest BCUT2D eigenvalue weighted by Crippen LogP contribution is 2.68. The van der Waals surface area contributed by atoms with Crippen LogP contribution in [0.25, 0.3) is 0 Å². The lowest BCUT2D eigenvalue weighted by Crippen LogP contribution is -2.41. The van der Waals surface area contributed by atoms with Crippen LogP contribution < -0.4 is 15.9 Å². The molecule has 0 bridgehead atoms. The van der Waals surface area contributed by atoms with Crippen LogP contribution in [0.1, 0.15) is 57.5 Å². The Labute approximate surface area is 243 Å². The van der Waals surface area contributed by atoms with E-state index in [2.05, 4.69) is 20.2 Å². The van der Waals surface area contributed by atoms with Gasteiger partial charge < -0.3 is 44.0 Å². The molecule has 0 spiro atoms. The highest BCUT2D eigenvalue weighted by molar-refractivity contribution is 7.54. The third-order valence-corrected chi connectivity index (χ3v) is 9.29. The van der Waals surface area contributed by atoms with Crippen molar-refractivity contribution in [2.75, 3.05) is 40.0 Å². The number of fused-ring (bicyclic) bond motifs is 2. The topological polar surface area (TPSA) is 218 Å². The molecular formula is C25H39N6O10P. The van der Waals surface area contributed by atoms with E-state index in [1.165, 1.54) is 13.4 Å². The van der Waals surface area contributed by atoms with E-state index in [1.807, 2.05) is 6.92 Å². The minimum absolute atomic E-state index is 0.0895. The van der Waals surface area contributed by atoms with Crippen molar-refractivity contribution in [1.29, 1.82) is 0 Å². The predicted molar refractivity (Wildman–Crippen MR) is 147 cm³/mol. The van der Waals surface area contributed by atoms with E-state index < -0.39 is 68.8 Å². The van der Waals surface area contributed by atoms with Gasteiger partial charge >= 0.3 is 19.6 Å². The summed E-state index contributed by atoms with van der Waals surface area (Å²) >= 11 is 0. The highest BCUT2D eigenvalue weighted by Gasteiger charge is 2.85. The minimum atomic E-state index is -4.05. The number of esters is 2. The van der Waals surface area contributed by atoms with Gasteiger partial charge in [-0.25, -0.2) is 15.2 Å². The average molecular weight is 615 g/mol. The second-order valence-corrected chi connectivity index (χ2v) is 12.3. The first kappa shape index (κ1) is 32.1. The van der Waals surface area contributed by atoms with Gasteiger partial charge in [0.2, 0.25) is 5.90 Å². The van der Waals surface area contributed by atoms with E-state index >= 15 is 0 Å². The number of nitrogens with zero attached hydrogens (tertiary/aromatic N) is 3. The number of ether oxygens (including phenoxy) is 4. The maximum absolute atomic E-state index is 13.4. The Balaban J connectivity index is 1.50. The molecule has 3 heterocycles. The lowest BCUT2D eigenvalue weighted by molar-refractivity contribution is -0.142. The monoisotopic (exact) mass is 614 g/mol. The normalized spacial score (nSPS) is 32.7. The van der Waals surface area contributed by atoms with Gasteiger partial charge in [0, 0.05) is 5.92 Å². The number of methoxy groups -OCH3 is 1. The number of hydrogen-bond donors (Lipinski definition) is 5. The fourth-order valence-corrected chi connectivity index (χ4v) is 6.87. The number of carbonyl (C=O) groups excluding carboxylic acids is 2. The molecule has 1 aliphatic carbocycles. The summed E-state index contributed by atoms with van der Waals surface area (Å²) in [5, 5.41) is 27.8. The molecule has 42 heavy (non-hydrogen) atoms. The first-order valence-electron chi connectivity index (χ1n) is 13.6. The summed E-state index contributed by atoms with van der Waals surface area (Å²) in [5.41, 5.74) is 4.16. The van der Waals surface area contributed by atoms with Crippen molar-refractivity contribution in [3.63, 3.8) is 0 Å². The molecule has 6 N–H and O–H groups in total. The van der Waals surface area contributed by atoms with Gasteiger partial charge in [-0.05, 0) is 33.3 Å². The van der Waals surface area contributed by atoms with Crippen LogP contribution in [0.3, 0.4) is 0 Å². The van der Waals surface area contributed by atoms with Crippen molar-refractivity contribution in [2.24, 2.45) is 10.7 Å². The number of imidazole rings is 1. The standard InChI is InChI=1S/C25H39N6O10P/c1-6-38-17(32)10-28-42(36,29-11-18(33)39-7-2)40-12-15-21(34)25(35)23(24(25,4)41-15)31-13-27-19-20(31)14(3)8-9-16(26)30-22(19)37-5/h9,13-15,21,23,34-35H,6-8,10-12,26H2,1-5H3,(H2,28,29,36)/b16-9+,30-22+/t14?,15-,21?,23-,24?,25?/m1/s1. The first-order valence-corrected chi connectivity index (χ1v) is 15.3. The molecule has 1 aromatic rings. The summed E-state index contributed by atoms with van der Waals surface area (Å²) < 4.78 is 42.0. The van der Waals surface area contributed by atoms with Crippen molar-refractivity contribution >= 4 is 25.5 Å². The molecule has 1 saturated heterocycles. The van der Waals surface area contributed by atoms with Gasteiger partial charge in [0.25, 0.3) is 0 Å². The zero-order valence-corrected chi connectivity index (χ0v) is 25.1. The SMILES string of the molecule is CCOC(=O)CNP(=O)(NCC(=O)OCC)OC[C@H]1OC2(C)[C@@H](n3cnc4c3C(C)C/C=C(N)/N=C\4OC)C2(O)C1O. The Bertz CT molecular complexity index is 1280. The van der Waals surface area contributed by atoms with Crippen LogP contribution >= 0.6 is 7.67 Å². The molecule has 0 amide bonds. The van der Waals surface area contributed by atoms with Crippen LogP contribution in [0.15, 0.2) is 23.2 Å². The van der Waals surface area contributed by atoms with Crippen LogP contribution in [0.2, 0.25) is 0 Å². The van der Waals surface area contributed by atoms with Crippen molar-refractivity contribution in [3.05, 3.63) is 29.6 Å². The van der Waals surface area contributed by atoms with Crippen molar-refractivity contribution in [3.8, 4) is 0 Å². The molecular weight excluding hydrogens is 575 g/mol. The minimum Gasteiger partial charge on any atom is -0.479 e. The largest absolute Gasteiger partial charge is 0.479 e. The number of aliphatic hydroxyl groups is 2. The molecule has 4 rings (SSSR count). The van der Waals surface area contributed by atoms with E-state index in [0.717, 1.165) is 5.69 Å². The summed E-state index contributed by atoms with van der Waals surface area (Å²) in [5.74, 6) is -0.937. The smallest absolute Gasteiger partial charge is 0.341 e. The number of nitrogens with one attached hydrogen (secondary N) is 2. The first-order chi connectivity index (χ1) is 19.8. The molecule has 234 valence electrons. The molecule has 1 aromatic heterocycles. The lowest BCUT2D eigenvalue weighted by atomic mass is 9.99. The number of carbonyl (C=O) groups is 2. The summed E-state index contributed by atoms with van der Waals surface area (Å²) in [6.07, 6.45) is 1.32. The zero-order valence-electron chi connectivity index (χ0n) is 24.2. The lowest BCUT2D eigenvalue weighted by Gasteiger charge is -2.27. The van der Waals surface area contributed by atoms with Crippen LogP contribution in [0, 0.1) is 0 Å². The van der Waals surface area contributed by atoms with E-state index in [9.17, 15) is 24.4 Å². The maximum atomic E-state index is 13.4. The fraction of sp³-hybridized carbons (Fsp3) is 0.680. The molecule has 16 nitrogen and oxygen atoms in total. The van der Waals surface area contributed by atoms with Crippen molar-refractivity contribution in [1.82, 2.24) is 19.7 Å². The quantitative estimate of drug-likeness (QED) is 0.152. The second kappa shape index (κ2) is 12.4. The number of nitrogens with two attached hydrogens (primary N) is 1. The molecule has 2 fully saturated rings. The van der Waals surface area contributed by atoms with Gasteiger partial charge in [-0.15, -0.1) is 0 Å². The Kier molecular flexibility index (Phi) is 9.47. The number of rotatable bonds is 12. The third-order valence-electron chi connectivity index (χ3n) is 7.63. The van der Waals surface area contributed by atoms with Gasteiger partial charge in [0.1, 0.15) is 54.1 Å². The molecule has 6 atom stereocenters. The van der Waals surface area contributed by atoms with Crippen molar-refractivity contribution in [2.45, 2.75) is 69.5 Å². The number of aliphatic imine (C=N–C) groups is 1. The predicted octanol–water partition coefficient (Wildman–Crippen LogP) is -0.182.